The number of nitrogens with one attached hydrogen (secondary N) is 3. The molecule has 0 radical (unpaired) electrons. The van der Waals surface area contributed by atoms with Gasteiger partial charge in [-0.25, -0.2) is 14.2 Å². The van der Waals surface area contributed by atoms with Gasteiger partial charge >= 0.3 is 5.69 Å². The first-order valence-corrected chi connectivity index (χ1v) is 6.06. The lowest BCUT2D eigenvalue weighted by Crippen LogP contribution is -2.21. The Morgan fingerprint density at radius 3 is 2.75 bits per heavy atom. The number of H-pyrrole nitrogens is 3. The van der Waals surface area contributed by atoms with Gasteiger partial charge in [0.25, 0.3) is 5.56 Å². The van der Waals surface area contributed by atoms with E-state index in [-0.39, 0.29) is 28.2 Å². The van der Waals surface area contributed by atoms with Crippen molar-refractivity contribution in [2.24, 2.45) is 0 Å². The van der Waals surface area contributed by atoms with Crippen molar-refractivity contribution < 1.29 is 4.39 Å². The molecule has 6 nitrogen and oxygen atoms in total. The zero-order valence-electron chi connectivity index (χ0n) is 9.96. The minimum absolute atomic E-state index is 0.0850. The summed E-state index contributed by atoms with van der Waals surface area (Å²) in [5.74, 6) is -0.125. The van der Waals surface area contributed by atoms with Crippen molar-refractivity contribution in [3.63, 3.8) is 0 Å². The van der Waals surface area contributed by atoms with E-state index in [1.807, 2.05) is 0 Å². The molecular formula is C12H8ClFN4O2. The van der Waals surface area contributed by atoms with Crippen molar-refractivity contribution >= 4 is 22.8 Å². The van der Waals surface area contributed by atoms with Crippen LogP contribution in [0.1, 0.15) is 11.4 Å². The Labute approximate surface area is 115 Å². The molecule has 0 saturated heterocycles. The second-order valence-electron chi connectivity index (χ2n) is 4.19. The Kier molecular flexibility index (Phi) is 2.90. The van der Waals surface area contributed by atoms with E-state index >= 15 is 0 Å². The maximum absolute atomic E-state index is 13.7. The summed E-state index contributed by atoms with van der Waals surface area (Å²) in [5, 5.41) is 0.271. The highest BCUT2D eigenvalue weighted by atomic mass is 35.5. The van der Waals surface area contributed by atoms with Crippen LogP contribution < -0.4 is 11.2 Å². The summed E-state index contributed by atoms with van der Waals surface area (Å²) in [6.45, 7) is 0. The molecule has 3 N–H and O–H groups in total. The smallest absolute Gasteiger partial charge is 0.327 e. The Morgan fingerprint density at radius 1 is 1.20 bits per heavy atom. The van der Waals surface area contributed by atoms with Crippen molar-refractivity contribution in [3.8, 4) is 0 Å². The predicted octanol–water partition coefficient (Wildman–Crippen LogP) is 1.32. The largest absolute Gasteiger partial charge is 0.336 e. The maximum Gasteiger partial charge on any atom is 0.327 e. The number of rotatable bonds is 2. The van der Waals surface area contributed by atoms with Crippen molar-refractivity contribution in [2.75, 3.05) is 0 Å². The van der Waals surface area contributed by atoms with E-state index in [1.54, 1.807) is 6.07 Å². The molecule has 0 aliphatic heterocycles. The first kappa shape index (κ1) is 12.6. The number of fused-ring (bicyclic) bond motifs is 1. The minimum atomic E-state index is -0.649. The predicted molar refractivity (Wildman–Crippen MR) is 71.6 cm³/mol. The summed E-state index contributed by atoms with van der Waals surface area (Å²) in [7, 11) is 0. The van der Waals surface area contributed by atoms with Gasteiger partial charge in [0, 0.05) is 17.0 Å². The van der Waals surface area contributed by atoms with Gasteiger partial charge in [0.2, 0.25) is 0 Å². The molecule has 0 aliphatic rings. The molecule has 3 aromatic rings. The highest BCUT2D eigenvalue weighted by Crippen LogP contribution is 2.21. The van der Waals surface area contributed by atoms with Crippen molar-refractivity contribution in [2.45, 2.75) is 6.42 Å². The monoisotopic (exact) mass is 294 g/mol. The van der Waals surface area contributed by atoms with Gasteiger partial charge in [-0.3, -0.25) is 14.8 Å². The lowest BCUT2D eigenvalue weighted by molar-refractivity contribution is 0.612. The van der Waals surface area contributed by atoms with Gasteiger partial charge in [-0.2, -0.15) is 0 Å². The van der Waals surface area contributed by atoms with Crippen LogP contribution in [0.15, 0.2) is 27.8 Å². The molecule has 0 atom stereocenters. The van der Waals surface area contributed by atoms with E-state index < -0.39 is 17.1 Å². The molecule has 20 heavy (non-hydrogen) atoms. The number of halogens is 2. The van der Waals surface area contributed by atoms with E-state index in [0.29, 0.717) is 5.82 Å². The first-order chi connectivity index (χ1) is 9.54. The van der Waals surface area contributed by atoms with Gasteiger partial charge in [0.1, 0.15) is 17.2 Å². The number of hydrogen-bond donors (Lipinski definition) is 3. The van der Waals surface area contributed by atoms with Crippen LogP contribution in [0.3, 0.4) is 0 Å². The molecule has 2 aromatic heterocycles. The molecule has 0 bridgehead atoms. The Hall–Kier alpha value is -2.41. The summed E-state index contributed by atoms with van der Waals surface area (Å²) < 4.78 is 13.7. The lowest BCUT2D eigenvalue weighted by atomic mass is 10.1. The fourth-order valence-electron chi connectivity index (χ4n) is 1.93. The topological polar surface area (TPSA) is 94.4 Å². The second kappa shape index (κ2) is 4.61. The van der Waals surface area contributed by atoms with Crippen LogP contribution in [-0.4, -0.2) is 19.9 Å². The van der Waals surface area contributed by atoms with E-state index in [9.17, 15) is 14.0 Å². The number of aromatic amines is 3. The number of nitrogens with zero attached hydrogens (tertiary/aromatic N) is 1. The average molecular weight is 295 g/mol. The normalized spacial score (nSPS) is 11.1. The maximum atomic E-state index is 13.7. The molecular weight excluding hydrogens is 287 g/mol. The summed E-state index contributed by atoms with van der Waals surface area (Å²) in [6, 6.07) is 4.36. The summed E-state index contributed by atoms with van der Waals surface area (Å²) in [5.41, 5.74) is -0.702. The third-order valence-electron chi connectivity index (χ3n) is 2.84. The standard InChI is InChI=1S/C12H8ClFN4O2/c13-6-2-1-3-7(14)5(6)4-8-15-9-10(16-8)17-12(20)18-11(9)19/h1-3H,4H2,(H3,15,16,17,18,19,20). The Morgan fingerprint density at radius 2 is 2.00 bits per heavy atom. The number of aromatic nitrogens is 4. The van der Waals surface area contributed by atoms with Gasteiger partial charge < -0.3 is 4.98 Å². The van der Waals surface area contributed by atoms with Gasteiger partial charge in [-0.15, -0.1) is 0 Å². The Balaban J connectivity index is 2.10. The zero-order chi connectivity index (χ0) is 14.3. The average Bonchev–Trinajstić information content (AvgIpc) is 2.77. The summed E-state index contributed by atoms with van der Waals surface area (Å²) in [4.78, 5) is 33.9. The van der Waals surface area contributed by atoms with E-state index in [0.717, 1.165) is 0 Å². The molecule has 2 heterocycles. The number of imidazole rings is 1. The molecule has 8 heteroatoms. The van der Waals surface area contributed by atoms with E-state index in [1.165, 1.54) is 12.1 Å². The van der Waals surface area contributed by atoms with Gasteiger partial charge in [-0.1, -0.05) is 17.7 Å². The fourth-order valence-corrected chi connectivity index (χ4v) is 2.16. The van der Waals surface area contributed by atoms with Crippen LogP contribution in [-0.2, 0) is 6.42 Å². The van der Waals surface area contributed by atoms with Gasteiger partial charge in [0.15, 0.2) is 5.65 Å². The lowest BCUT2D eigenvalue weighted by Gasteiger charge is -2.02. The molecule has 0 unspecified atom stereocenters. The molecule has 0 spiro atoms. The molecule has 0 amide bonds. The van der Waals surface area contributed by atoms with Crippen molar-refractivity contribution in [1.82, 2.24) is 19.9 Å². The van der Waals surface area contributed by atoms with Crippen LogP contribution in [0.4, 0.5) is 4.39 Å². The highest BCUT2D eigenvalue weighted by Gasteiger charge is 2.12. The van der Waals surface area contributed by atoms with Crippen LogP contribution in [0, 0.1) is 5.82 Å². The van der Waals surface area contributed by atoms with Crippen LogP contribution >= 0.6 is 11.6 Å². The highest BCUT2D eigenvalue weighted by molar-refractivity contribution is 6.31. The third kappa shape index (κ3) is 2.12. The van der Waals surface area contributed by atoms with Gasteiger partial charge in [0.05, 0.1) is 0 Å². The number of benzene rings is 1. The molecule has 0 fully saturated rings. The fraction of sp³-hybridized carbons (Fsp3) is 0.0833. The summed E-state index contributed by atoms with van der Waals surface area (Å²) in [6.07, 6.45) is 0.0850. The van der Waals surface area contributed by atoms with Gasteiger partial charge in [-0.05, 0) is 12.1 Å². The Bertz CT molecular complexity index is 891. The summed E-state index contributed by atoms with van der Waals surface area (Å²) >= 11 is 5.93. The van der Waals surface area contributed by atoms with Crippen LogP contribution in [0.2, 0.25) is 5.02 Å². The second-order valence-corrected chi connectivity index (χ2v) is 4.60. The molecule has 102 valence electrons. The molecule has 3 rings (SSSR count). The van der Waals surface area contributed by atoms with Crippen molar-refractivity contribution in [3.05, 3.63) is 61.3 Å². The minimum Gasteiger partial charge on any atom is -0.336 e. The zero-order valence-corrected chi connectivity index (χ0v) is 10.7. The third-order valence-corrected chi connectivity index (χ3v) is 3.20. The van der Waals surface area contributed by atoms with E-state index in [2.05, 4.69) is 19.9 Å². The molecule has 0 saturated carbocycles. The quantitative estimate of drug-likeness (QED) is 0.665. The number of hydrogen-bond acceptors (Lipinski definition) is 3. The van der Waals surface area contributed by atoms with Crippen molar-refractivity contribution in [1.29, 1.82) is 0 Å². The van der Waals surface area contributed by atoms with Crippen LogP contribution in [0.5, 0.6) is 0 Å². The molecule has 1 aromatic carbocycles. The molecule has 0 aliphatic carbocycles. The van der Waals surface area contributed by atoms with Crippen LogP contribution in [0.25, 0.3) is 11.2 Å². The SMILES string of the molecule is O=c1[nH]c(=O)c2[nH]c(Cc3c(F)cccc3Cl)nc2[nH]1. The van der Waals surface area contributed by atoms with E-state index in [4.69, 9.17) is 11.6 Å². The first-order valence-electron chi connectivity index (χ1n) is 5.68.